The van der Waals surface area contributed by atoms with Crippen LogP contribution in [0.3, 0.4) is 0 Å². The van der Waals surface area contributed by atoms with Crippen molar-refractivity contribution in [2.45, 2.75) is 57.8 Å². The number of fused-ring (bicyclic) bond motifs is 11. The molecule has 0 radical (unpaired) electrons. The first-order valence-electron chi connectivity index (χ1n) is 17.9. The summed E-state index contributed by atoms with van der Waals surface area (Å²) in [5.74, 6) is 0.817. The van der Waals surface area contributed by atoms with Gasteiger partial charge in [0.05, 0.1) is 11.2 Å². The molecule has 3 aliphatic carbocycles. The summed E-state index contributed by atoms with van der Waals surface area (Å²) < 4.78 is 0. The predicted molar refractivity (Wildman–Crippen MR) is 203 cm³/mol. The van der Waals surface area contributed by atoms with E-state index in [0.717, 1.165) is 66.5 Å². The minimum atomic E-state index is -0.163. The molecule has 2 heteroatoms. The number of nitrogens with zero attached hydrogens (tertiary/aromatic N) is 2. The zero-order valence-electron chi connectivity index (χ0n) is 28.2. The normalized spacial score (nSPS) is 15.2. The van der Waals surface area contributed by atoms with Crippen molar-refractivity contribution in [1.82, 2.24) is 9.97 Å². The number of hydrogen-bond acceptors (Lipinski definition) is 2. The smallest absolute Gasteiger partial charge is 0.161 e. The average Bonchev–Trinajstić information content (AvgIpc) is 3.29. The summed E-state index contributed by atoms with van der Waals surface area (Å²) in [6.45, 7) is 4.83. The second kappa shape index (κ2) is 10.8. The van der Waals surface area contributed by atoms with Crippen LogP contribution in [0.4, 0.5) is 0 Å². The van der Waals surface area contributed by atoms with E-state index in [1.807, 2.05) is 0 Å². The van der Waals surface area contributed by atoms with Crippen LogP contribution in [0.1, 0.15) is 60.1 Å². The van der Waals surface area contributed by atoms with Gasteiger partial charge in [0.2, 0.25) is 0 Å². The lowest BCUT2D eigenvalue weighted by molar-refractivity contribution is 0.661. The van der Waals surface area contributed by atoms with Crippen LogP contribution in [0.15, 0.2) is 121 Å². The number of benzene rings is 6. The van der Waals surface area contributed by atoms with Crippen LogP contribution in [0.25, 0.3) is 66.9 Å². The highest BCUT2D eigenvalue weighted by atomic mass is 14.9. The zero-order chi connectivity index (χ0) is 32.7. The minimum absolute atomic E-state index is 0.163. The van der Waals surface area contributed by atoms with E-state index in [0.29, 0.717) is 0 Å². The van der Waals surface area contributed by atoms with E-state index >= 15 is 0 Å². The molecule has 0 spiro atoms. The van der Waals surface area contributed by atoms with E-state index in [4.69, 9.17) is 9.97 Å². The lowest BCUT2D eigenvalue weighted by atomic mass is 9.76. The third-order valence-electron chi connectivity index (χ3n) is 11.5. The first-order chi connectivity index (χ1) is 24.1. The van der Waals surface area contributed by atoms with Crippen LogP contribution in [0, 0.1) is 0 Å². The Hall–Kier alpha value is -5.34. The second-order valence-corrected chi connectivity index (χ2v) is 14.7. The number of aryl methyl sites for hydroxylation is 4. The highest BCUT2D eigenvalue weighted by Gasteiger charge is 2.41. The summed E-state index contributed by atoms with van der Waals surface area (Å²) in [5.41, 5.74) is 20.8. The van der Waals surface area contributed by atoms with E-state index in [1.54, 1.807) is 0 Å². The van der Waals surface area contributed by atoms with Gasteiger partial charge in [0.25, 0.3) is 0 Å². The maximum absolute atomic E-state index is 5.66. The third-order valence-corrected chi connectivity index (χ3v) is 11.5. The molecule has 236 valence electrons. The molecule has 0 amide bonds. The number of rotatable bonds is 2. The van der Waals surface area contributed by atoms with Crippen molar-refractivity contribution in [3.05, 3.63) is 155 Å². The minimum Gasteiger partial charge on any atom is -0.228 e. The van der Waals surface area contributed by atoms with Gasteiger partial charge in [-0.1, -0.05) is 123 Å². The van der Waals surface area contributed by atoms with Gasteiger partial charge in [-0.25, -0.2) is 9.97 Å². The highest BCUT2D eigenvalue weighted by molar-refractivity contribution is 6.02. The Morgan fingerprint density at radius 3 is 1.86 bits per heavy atom. The van der Waals surface area contributed by atoms with Gasteiger partial charge in [0, 0.05) is 21.9 Å². The molecule has 0 saturated heterocycles. The molecule has 2 nitrogen and oxygen atoms in total. The summed E-state index contributed by atoms with van der Waals surface area (Å²) >= 11 is 0. The van der Waals surface area contributed by atoms with Crippen molar-refractivity contribution >= 4 is 10.9 Å². The molecule has 6 aromatic carbocycles. The fourth-order valence-corrected chi connectivity index (χ4v) is 9.33. The van der Waals surface area contributed by atoms with E-state index < -0.39 is 0 Å². The quantitative estimate of drug-likeness (QED) is 0.190. The summed E-state index contributed by atoms with van der Waals surface area (Å²) in [7, 11) is 0. The molecule has 10 rings (SSSR count). The average molecular weight is 631 g/mol. The van der Waals surface area contributed by atoms with Crippen molar-refractivity contribution < 1.29 is 0 Å². The molecule has 1 aromatic heterocycles. The Kier molecular flexibility index (Phi) is 6.34. The summed E-state index contributed by atoms with van der Waals surface area (Å²) in [6.07, 6.45) is 6.59. The molecule has 0 unspecified atom stereocenters. The lowest BCUT2D eigenvalue weighted by Gasteiger charge is -2.27. The maximum Gasteiger partial charge on any atom is 0.161 e. The number of hydrogen-bond donors (Lipinski definition) is 0. The zero-order valence-corrected chi connectivity index (χ0v) is 28.2. The van der Waals surface area contributed by atoms with Gasteiger partial charge in [-0.05, 0) is 117 Å². The topological polar surface area (TPSA) is 25.8 Å². The molecular weight excluding hydrogens is 593 g/mol. The molecule has 0 bridgehead atoms. The van der Waals surface area contributed by atoms with Crippen LogP contribution in [-0.4, -0.2) is 9.97 Å². The Labute approximate surface area is 288 Å². The molecule has 1 heterocycles. The first-order valence-corrected chi connectivity index (χ1v) is 17.9. The van der Waals surface area contributed by atoms with E-state index in [1.165, 1.54) is 72.3 Å². The molecule has 49 heavy (non-hydrogen) atoms. The van der Waals surface area contributed by atoms with Crippen LogP contribution in [0.2, 0.25) is 0 Å². The molecule has 0 saturated carbocycles. The predicted octanol–water partition coefficient (Wildman–Crippen LogP) is 11.6. The summed E-state index contributed by atoms with van der Waals surface area (Å²) in [4.78, 5) is 11.1. The fraction of sp³-hybridized carbons (Fsp3) is 0.191. The summed E-state index contributed by atoms with van der Waals surface area (Å²) in [5, 5.41) is 1.10. The van der Waals surface area contributed by atoms with Crippen LogP contribution in [-0.2, 0) is 31.1 Å². The van der Waals surface area contributed by atoms with Gasteiger partial charge in [-0.15, -0.1) is 0 Å². The van der Waals surface area contributed by atoms with Crippen molar-refractivity contribution in [3.8, 4) is 56.0 Å². The van der Waals surface area contributed by atoms with Crippen LogP contribution >= 0.6 is 0 Å². The van der Waals surface area contributed by atoms with Crippen molar-refractivity contribution in [1.29, 1.82) is 0 Å². The van der Waals surface area contributed by atoms with Crippen LogP contribution < -0.4 is 0 Å². The second-order valence-electron chi connectivity index (χ2n) is 14.7. The van der Waals surface area contributed by atoms with Crippen molar-refractivity contribution in [2.75, 3.05) is 0 Å². The van der Waals surface area contributed by atoms with Crippen LogP contribution in [0.5, 0.6) is 0 Å². The third kappa shape index (κ3) is 4.26. The highest BCUT2D eigenvalue weighted by Crippen LogP contribution is 2.57. The Balaban J connectivity index is 1.31. The molecule has 7 aromatic rings. The maximum atomic E-state index is 5.66. The number of para-hydroxylation sites is 1. The molecular formula is C47H38N2. The Morgan fingerprint density at radius 1 is 0.469 bits per heavy atom. The van der Waals surface area contributed by atoms with Crippen molar-refractivity contribution in [2.24, 2.45) is 0 Å². The van der Waals surface area contributed by atoms with Gasteiger partial charge in [-0.3, -0.25) is 0 Å². The van der Waals surface area contributed by atoms with E-state index in [-0.39, 0.29) is 5.41 Å². The SMILES string of the molecule is CC1(C)c2ccccc2-c2c(-c3nc(-c4cccc5c4-c4ccccc4CCC5)c4ccccc4n3)cc3c(c21)-c1ccccc1CCC3. The van der Waals surface area contributed by atoms with Crippen molar-refractivity contribution in [3.63, 3.8) is 0 Å². The molecule has 3 aliphatic rings. The van der Waals surface area contributed by atoms with Gasteiger partial charge in [0.15, 0.2) is 5.82 Å². The number of aromatic nitrogens is 2. The van der Waals surface area contributed by atoms with Gasteiger partial charge < -0.3 is 0 Å². The standard InChI is InChI=1S/C47H38N2/c1-47(2)39-26-9-7-23-35(39)43-38(28-32-20-12-17-30-15-4-6-22-34(30)42(32)44(43)47)46-48-40-27-10-8-24-36(40)45(49-46)37-25-13-19-31-18-11-16-29-14-3-5-21-33(29)41(31)37/h3-10,13-15,19,21-28H,11-12,16-18,20H2,1-2H3. The van der Waals surface area contributed by atoms with Gasteiger partial charge in [0.1, 0.15) is 0 Å². The van der Waals surface area contributed by atoms with E-state index in [2.05, 4.69) is 135 Å². The fourth-order valence-electron chi connectivity index (χ4n) is 9.33. The molecule has 0 N–H and O–H groups in total. The van der Waals surface area contributed by atoms with E-state index in [9.17, 15) is 0 Å². The molecule has 0 fully saturated rings. The monoisotopic (exact) mass is 630 g/mol. The Bertz CT molecular complexity index is 2480. The van der Waals surface area contributed by atoms with Gasteiger partial charge >= 0.3 is 0 Å². The molecule has 0 atom stereocenters. The Morgan fingerprint density at radius 2 is 1.06 bits per heavy atom. The largest absolute Gasteiger partial charge is 0.228 e. The first kappa shape index (κ1) is 28.7. The van der Waals surface area contributed by atoms with Gasteiger partial charge in [-0.2, -0.15) is 0 Å². The lowest BCUT2D eigenvalue weighted by Crippen LogP contribution is -2.17. The summed E-state index contributed by atoms with van der Waals surface area (Å²) in [6, 6.07) is 45.0. The molecule has 0 aliphatic heterocycles.